The van der Waals surface area contributed by atoms with Crippen LogP contribution in [0.5, 0.6) is 0 Å². The molecule has 3 heterocycles. The van der Waals surface area contributed by atoms with Crippen LogP contribution in [0.25, 0.3) is 11.4 Å². The summed E-state index contributed by atoms with van der Waals surface area (Å²) < 4.78 is 0. The lowest BCUT2D eigenvalue weighted by atomic mass is 9.87. The van der Waals surface area contributed by atoms with Crippen molar-refractivity contribution in [2.45, 2.75) is 51.5 Å². The van der Waals surface area contributed by atoms with Crippen molar-refractivity contribution < 1.29 is 4.79 Å². The number of carbonyl (C=O) groups is 1. The molecule has 1 amide bonds. The molecule has 2 saturated heterocycles. The lowest BCUT2D eigenvalue weighted by Crippen LogP contribution is -2.48. The Balaban J connectivity index is 1.00. The third-order valence-electron chi connectivity index (χ3n) is 7.98. The van der Waals surface area contributed by atoms with E-state index in [0.717, 1.165) is 69.9 Å². The van der Waals surface area contributed by atoms with Gasteiger partial charge in [-0.3, -0.25) is 9.69 Å². The van der Waals surface area contributed by atoms with Gasteiger partial charge in [-0.1, -0.05) is 32.9 Å². The third-order valence-corrected chi connectivity index (χ3v) is 7.98. The largest absolute Gasteiger partial charge is 0.382 e. The van der Waals surface area contributed by atoms with Gasteiger partial charge in [0.25, 0.3) is 0 Å². The second kappa shape index (κ2) is 11.7. The van der Waals surface area contributed by atoms with E-state index in [1.807, 2.05) is 17.0 Å². The summed E-state index contributed by atoms with van der Waals surface area (Å²) in [5.41, 5.74) is 4.88. The van der Waals surface area contributed by atoms with Gasteiger partial charge in [-0.05, 0) is 65.4 Å². The lowest BCUT2D eigenvalue weighted by Gasteiger charge is -2.37. The summed E-state index contributed by atoms with van der Waals surface area (Å²) in [5.74, 6) is 0.915. The number of aromatic nitrogens is 4. The number of likely N-dealkylation sites (tertiary alicyclic amines) is 1. The number of nitrogens with zero attached hydrogens (tertiary/aromatic N) is 7. The first kappa shape index (κ1) is 27.1. The van der Waals surface area contributed by atoms with Crippen molar-refractivity contribution in [2.24, 2.45) is 7.05 Å². The zero-order valence-corrected chi connectivity index (χ0v) is 23.8. The number of amides is 1. The predicted molar refractivity (Wildman–Crippen MR) is 156 cm³/mol. The van der Waals surface area contributed by atoms with Crippen molar-refractivity contribution in [1.29, 1.82) is 0 Å². The second-order valence-electron chi connectivity index (χ2n) is 11.9. The van der Waals surface area contributed by atoms with Gasteiger partial charge in [-0.25, -0.2) is 0 Å². The van der Waals surface area contributed by atoms with Crippen LogP contribution in [0.4, 0.5) is 11.4 Å². The molecule has 3 aromatic rings. The molecule has 0 spiro atoms. The SMILES string of the molecule is Cn1nnc(-c2ccc(NC3CCN(C(=O)CCN4CCN(c5ccc(C(C)(C)C)cc5)CC4)CC3)cc2)n1. The van der Waals surface area contributed by atoms with Gasteiger partial charge in [0.15, 0.2) is 0 Å². The van der Waals surface area contributed by atoms with Crippen molar-refractivity contribution in [2.75, 3.05) is 56.0 Å². The van der Waals surface area contributed by atoms with Crippen LogP contribution < -0.4 is 10.2 Å². The van der Waals surface area contributed by atoms with E-state index in [1.54, 1.807) is 7.05 Å². The zero-order chi connectivity index (χ0) is 27.4. The number of piperazine rings is 1. The van der Waals surface area contributed by atoms with Crippen LogP contribution >= 0.6 is 0 Å². The monoisotopic (exact) mass is 530 g/mol. The van der Waals surface area contributed by atoms with E-state index < -0.39 is 0 Å². The fraction of sp³-hybridized carbons (Fsp3) is 0.533. The molecular formula is C30H42N8O. The fourth-order valence-electron chi connectivity index (χ4n) is 5.44. The van der Waals surface area contributed by atoms with Gasteiger partial charge in [0.05, 0.1) is 7.05 Å². The Bertz CT molecular complexity index is 1220. The molecule has 0 atom stereocenters. The number of aryl methyl sites for hydroxylation is 1. The van der Waals surface area contributed by atoms with Gasteiger partial charge in [0.1, 0.15) is 0 Å². The molecule has 9 heteroatoms. The standard InChI is InChI=1S/C30H42N8O/c1-30(2,3)24-7-11-27(12-8-24)37-21-19-36(20-22-37)16-15-28(39)38-17-13-26(14-18-38)31-25-9-5-23(6-10-25)29-32-34-35(4)33-29/h5-12,26,31H,13-22H2,1-4H3. The van der Waals surface area contributed by atoms with Crippen LogP contribution in [0.2, 0.25) is 0 Å². The number of nitrogens with one attached hydrogen (secondary N) is 1. The molecule has 39 heavy (non-hydrogen) atoms. The Labute approximate surface area is 232 Å². The Hall–Kier alpha value is -3.46. The van der Waals surface area contributed by atoms with E-state index in [4.69, 9.17) is 0 Å². The van der Waals surface area contributed by atoms with E-state index in [1.165, 1.54) is 16.0 Å². The Morgan fingerprint density at radius 1 is 0.923 bits per heavy atom. The maximum atomic E-state index is 12.9. The number of tetrazole rings is 1. The van der Waals surface area contributed by atoms with Crippen molar-refractivity contribution in [1.82, 2.24) is 30.0 Å². The number of piperidine rings is 1. The minimum Gasteiger partial charge on any atom is -0.382 e. The molecule has 2 aromatic carbocycles. The number of hydrogen-bond donors (Lipinski definition) is 1. The summed E-state index contributed by atoms with van der Waals surface area (Å²) in [6.07, 6.45) is 2.54. The molecule has 0 radical (unpaired) electrons. The average Bonchev–Trinajstić information content (AvgIpc) is 3.38. The van der Waals surface area contributed by atoms with Crippen molar-refractivity contribution >= 4 is 17.3 Å². The lowest BCUT2D eigenvalue weighted by molar-refractivity contribution is -0.132. The molecule has 5 rings (SSSR count). The highest BCUT2D eigenvalue weighted by Gasteiger charge is 2.24. The Kier molecular flexibility index (Phi) is 8.16. The zero-order valence-electron chi connectivity index (χ0n) is 23.8. The Morgan fingerprint density at radius 3 is 2.18 bits per heavy atom. The fourth-order valence-corrected chi connectivity index (χ4v) is 5.44. The van der Waals surface area contributed by atoms with Crippen LogP contribution in [0.15, 0.2) is 48.5 Å². The summed E-state index contributed by atoms with van der Waals surface area (Å²) in [5, 5.41) is 15.8. The van der Waals surface area contributed by atoms with Gasteiger partial charge in [0, 0.05) is 75.2 Å². The second-order valence-corrected chi connectivity index (χ2v) is 11.9. The van der Waals surface area contributed by atoms with Crippen LogP contribution in [0, 0.1) is 0 Å². The van der Waals surface area contributed by atoms with E-state index >= 15 is 0 Å². The molecule has 9 nitrogen and oxygen atoms in total. The van der Waals surface area contributed by atoms with Crippen LogP contribution in [0.1, 0.15) is 45.6 Å². The maximum absolute atomic E-state index is 12.9. The summed E-state index contributed by atoms with van der Waals surface area (Å²) in [4.78, 5) is 21.3. The minimum atomic E-state index is 0.180. The number of rotatable bonds is 7. The molecule has 0 aliphatic carbocycles. The normalized spacial score (nSPS) is 17.4. The average molecular weight is 531 g/mol. The van der Waals surface area contributed by atoms with E-state index in [0.29, 0.717) is 18.3 Å². The molecule has 2 fully saturated rings. The molecule has 0 saturated carbocycles. The molecule has 2 aliphatic heterocycles. The highest BCUT2D eigenvalue weighted by Crippen LogP contribution is 2.26. The van der Waals surface area contributed by atoms with Crippen LogP contribution in [-0.2, 0) is 17.3 Å². The third kappa shape index (κ3) is 6.95. The molecular weight excluding hydrogens is 488 g/mol. The van der Waals surface area contributed by atoms with Crippen LogP contribution in [-0.4, -0.2) is 87.8 Å². The van der Waals surface area contributed by atoms with Gasteiger partial charge in [-0.2, -0.15) is 4.80 Å². The first-order chi connectivity index (χ1) is 18.7. The Morgan fingerprint density at radius 2 is 1.59 bits per heavy atom. The van der Waals surface area contributed by atoms with Gasteiger partial charge in [0.2, 0.25) is 11.7 Å². The quantitative estimate of drug-likeness (QED) is 0.498. The van der Waals surface area contributed by atoms with Gasteiger partial charge < -0.3 is 15.1 Å². The molecule has 0 unspecified atom stereocenters. The molecule has 2 aliphatic rings. The number of benzene rings is 2. The minimum absolute atomic E-state index is 0.180. The van der Waals surface area contributed by atoms with Crippen molar-refractivity contribution in [3.8, 4) is 11.4 Å². The molecule has 1 N–H and O–H groups in total. The number of carbonyl (C=O) groups excluding carboxylic acids is 1. The van der Waals surface area contributed by atoms with Crippen LogP contribution in [0.3, 0.4) is 0 Å². The summed E-state index contributed by atoms with van der Waals surface area (Å²) in [7, 11) is 1.76. The highest BCUT2D eigenvalue weighted by atomic mass is 16.2. The highest BCUT2D eigenvalue weighted by molar-refractivity contribution is 5.76. The number of hydrogen-bond acceptors (Lipinski definition) is 7. The summed E-state index contributed by atoms with van der Waals surface area (Å²) in [6, 6.07) is 17.5. The topological polar surface area (TPSA) is 82.4 Å². The molecule has 0 bridgehead atoms. The van der Waals surface area contributed by atoms with Crippen molar-refractivity contribution in [3.63, 3.8) is 0 Å². The first-order valence-electron chi connectivity index (χ1n) is 14.2. The summed E-state index contributed by atoms with van der Waals surface area (Å²) in [6.45, 7) is 13.3. The molecule has 1 aromatic heterocycles. The van der Waals surface area contributed by atoms with Crippen molar-refractivity contribution in [3.05, 3.63) is 54.1 Å². The van der Waals surface area contributed by atoms with E-state index in [9.17, 15) is 4.79 Å². The molecule has 208 valence electrons. The predicted octanol–water partition coefficient (Wildman–Crippen LogP) is 3.79. The van der Waals surface area contributed by atoms with Gasteiger partial charge >= 0.3 is 0 Å². The van der Waals surface area contributed by atoms with Gasteiger partial charge in [-0.15, -0.1) is 10.2 Å². The first-order valence-corrected chi connectivity index (χ1v) is 14.2. The smallest absolute Gasteiger partial charge is 0.223 e. The maximum Gasteiger partial charge on any atom is 0.223 e. The van der Waals surface area contributed by atoms with E-state index in [2.05, 4.69) is 87.7 Å². The van der Waals surface area contributed by atoms with E-state index in [-0.39, 0.29) is 11.3 Å². The summed E-state index contributed by atoms with van der Waals surface area (Å²) >= 11 is 0. The number of anilines is 2.